The van der Waals surface area contributed by atoms with Gasteiger partial charge in [-0.2, -0.15) is 0 Å². The average Bonchev–Trinajstić information content (AvgIpc) is 3.23. The van der Waals surface area contributed by atoms with Crippen LogP contribution >= 0.6 is 0 Å². The standard InChI is InChI=1S/C20H22N4O2/c1-4-16(10-21-7-1)15-26-18-5-2-8-24(14-18)13-17-11-22-20(23-12-17)19-6-3-9-25-19/h1,3-4,6-7,9-12,18H,2,5,8,13-15H2. The number of aromatic nitrogens is 3. The first-order valence-corrected chi connectivity index (χ1v) is 8.94. The molecule has 1 aliphatic heterocycles. The number of hydrogen-bond acceptors (Lipinski definition) is 6. The molecule has 4 rings (SSSR count). The predicted octanol–water partition coefficient (Wildman–Crippen LogP) is 3.31. The average molecular weight is 350 g/mol. The van der Waals surface area contributed by atoms with E-state index in [4.69, 9.17) is 9.15 Å². The molecular formula is C20H22N4O2. The van der Waals surface area contributed by atoms with Gasteiger partial charge in [0.25, 0.3) is 0 Å². The summed E-state index contributed by atoms with van der Waals surface area (Å²) in [6, 6.07) is 7.69. The van der Waals surface area contributed by atoms with Gasteiger partial charge in [0.15, 0.2) is 11.6 Å². The number of hydrogen-bond donors (Lipinski definition) is 0. The zero-order chi connectivity index (χ0) is 17.6. The molecule has 3 aromatic rings. The number of nitrogens with zero attached hydrogens (tertiary/aromatic N) is 4. The normalized spacial score (nSPS) is 18.1. The molecule has 0 amide bonds. The molecular weight excluding hydrogens is 328 g/mol. The van der Waals surface area contributed by atoms with Crippen molar-refractivity contribution < 1.29 is 9.15 Å². The van der Waals surface area contributed by atoms with Crippen LogP contribution in [0.25, 0.3) is 11.6 Å². The number of pyridine rings is 1. The zero-order valence-electron chi connectivity index (χ0n) is 14.6. The Hall–Kier alpha value is -2.57. The van der Waals surface area contributed by atoms with Crippen LogP contribution in [0.2, 0.25) is 0 Å². The Kier molecular flexibility index (Phi) is 5.33. The Morgan fingerprint density at radius 2 is 2.04 bits per heavy atom. The van der Waals surface area contributed by atoms with Crippen LogP contribution in [0.15, 0.2) is 59.7 Å². The monoisotopic (exact) mass is 350 g/mol. The molecule has 6 heteroatoms. The first kappa shape index (κ1) is 16.9. The quantitative estimate of drug-likeness (QED) is 0.679. The Bertz CT molecular complexity index is 790. The number of rotatable bonds is 6. The summed E-state index contributed by atoms with van der Waals surface area (Å²) in [6.07, 6.45) is 11.5. The number of piperidine rings is 1. The van der Waals surface area contributed by atoms with E-state index < -0.39 is 0 Å². The van der Waals surface area contributed by atoms with Crippen molar-refractivity contribution in [3.63, 3.8) is 0 Å². The Labute approximate surface area is 152 Å². The molecule has 3 aromatic heterocycles. The van der Waals surface area contributed by atoms with Crippen LogP contribution in [-0.4, -0.2) is 39.0 Å². The molecule has 1 saturated heterocycles. The molecule has 1 atom stereocenters. The van der Waals surface area contributed by atoms with Gasteiger partial charge in [0.05, 0.1) is 19.0 Å². The second-order valence-electron chi connectivity index (χ2n) is 6.56. The molecule has 1 aliphatic rings. The maximum absolute atomic E-state index is 6.08. The summed E-state index contributed by atoms with van der Waals surface area (Å²) in [6.45, 7) is 3.46. The SMILES string of the molecule is c1cncc(COC2CCCN(Cc3cnc(-c4ccco4)nc3)C2)c1. The third kappa shape index (κ3) is 4.33. The summed E-state index contributed by atoms with van der Waals surface area (Å²) in [4.78, 5) is 15.4. The van der Waals surface area contributed by atoms with Crippen LogP contribution in [-0.2, 0) is 17.9 Å². The molecule has 0 saturated carbocycles. The minimum absolute atomic E-state index is 0.257. The van der Waals surface area contributed by atoms with E-state index in [1.165, 1.54) is 0 Å². The van der Waals surface area contributed by atoms with Crippen molar-refractivity contribution in [2.45, 2.75) is 32.1 Å². The van der Waals surface area contributed by atoms with Crippen molar-refractivity contribution in [2.24, 2.45) is 0 Å². The zero-order valence-corrected chi connectivity index (χ0v) is 14.6. The number of furan rings is 1. The summed E-state index contributed by atoms with van der Waals surface area (Å²) in [7, 11) is 0. The Balaban J connectivity index is 1.30. The molecule has 1 fully saturated rings. The lowest BCUT2D eigenvalue weighted by Crippen LogP contribution is -2.39. The number of ether oxygens (including phenoxy) is 1. The van der Waals surface area contributed by atoms with Crippen LogP contribution in [0.1, 0.15) is 24.0 Å². The second-order valence-corrected chi connectivity index (χ2v) is 6.56. The molecule has 0 radical (unpaired) electrons. The van der Waals surface area contributed by atoms with Gasteiger partial charge in [0.1, 0.15) is 0 Å². The highest BCUT2D eigenvalue weighted by Gasteiger charge is 2.20. The lowest BCUT2D eigenvalue weighted by Gasteiger charge is -2.32. The summed E-state index contributed by atoms with van der Waals surface area (Å²) < 4.78 is 11.4. The van der Waals surface area contributed by atoms with Gasteiger partial charge in [0.2, 0.25) is 0 Å². The summed E-state index contributed by atoms with van der Waals surface area (Å²) in [5.74, 6) is 1.31. The van der Waals surface area contributed by atoms with E-state index in [0.29, 0.717) is 18.2 Å². The minimum atomic E-state index is 0.257. The third-order valence-electron chi connectivity index (χ3n) is 4.52. The van der Waals surface area contributed by atoms with Gasteiger partial charge in [-0.3, -0.25) is 9.88 Å². The van der Waals surface area contributed by atoms with Crippen LogP contribution < -0.4 is 0 Å². The molecule has 134 valence electrons. The fourth-order valence-electron chi connectivity index (χ4n) is 3.22. The maximum atomic E-state index is 6.08. The highest BCUT2D eigenvalue weighted by atomic mass is 16.5. The van der Waals surface area contributed by atoms with Crippen molar-refractivity contribution >= 4 is 0 Å². The highest BCUT2D eigenvalue weighted by Crippen LogP contribution is 2.18. The molecule has 0 N–H and O–H groups in total. The molecule has 1 unspecified atom stereocenters. The van der Waals surface area contributed by atoms with E-state index in [1.54, 1.807) is 12.5 Å². The van der Waals surface area contributed by atoms with E-state index in [0.717, 1.165) is 43.6 Å². The van der Waals surface area contributed by atoms with Crippen molar-refractivity contribution in [2.75, 3.05) is 13.1 Å². The van der Waals surface area contributed by atoms with Gasteiger partial charge in [-0.25, -0.2) is 9.97 Å². The Morgan fingerprint density at radius 1 is 1.12 bits per heavy atom. The van der Waals surface area contributed by atoms with E-state index in [-0.39, 0.29) is 6.10 Å². The fraction of sp³-hybridized carbons (Fsp3) is 0.350. The topological polar surface area (TPSA) is 64.3 Å². The summed E-state index contributed by atoms with van der Waals surface area (Å²) in [5.41, 5.74) is 2.22. The van der Waals surface area contributed by atoms with Crippen molar-refractivity contribution in [3.8, 4) is 11.6 Å². The highest BCUT2D eigenvalue weighted by molar-refractivity contribution is 5.45. The van der Waals surface area contributed by atoms with E-state index in [2.05, 4.69) is 19.9 Å². The van der Waals surface area contributed by atoms with Crippen molar-refractivity contribution in [1.82, 2.24) is 19.9 Å². The summed E-state index contributed by atoms with van der Waals surface area (Å²) in [5, 5.41) is 0. The Morgan fingerprint density at radius 3 is 2.81 bits per heavy atom. The van der Waals surface area contributed by atoms with E-state index in [1.807, 2.05) is 42.9 Å². The molecule has 0 spiro atoms. The fourth-order valence-corrected chi connectivity index (χ4v) is 3.22. The van der Waals surface area contributed by atoms with Gasteiger partial charge in [0, 0.05) is 43.4 Å². The molecule has 0 aromatic carbocycles. The lowest BCUT2D eigenvalue weighted by atomic mass is 10.1. The molecule has 6 nitrogen and oxygen atoms in total. The largest absolute Gasteiger partial charge is 0.461 e. The van der Waals surface area contributed by atoms with E-state index >= 15 is 0 Å². The van der Waals surface area contributed by atoms with E-state index in [9.17, 15) is 0 Å². The van der Waals surface area contributed by atoms with Crippen LogP contribution in [0.4, 0.5) is 0 Å². The van der Waals surface area contributed by atoms with Crippen molar-refractivity contribution in [3.05, 3.63) is 66.4 Å². The maximum Gasteiger partial charge on any atom is 0.195 e. The van der Waals surface area contributed by atoms with Gasteiger partial charge in [-0.05, 0) is 43.1 Å². The lowest BCUT2D eigenvalue weighted by molar-refractivity contribution is -0.0122. The van der Waals surface area contributed by atoms with Gasteiger partial charge in [-0.1, -0.05) is 6.07 Å². The molecule has 26 heavy (non-hydrogen) atoms. The first-order chi connectivity index (χ1) is 12.9. The summed E-state index contributed by atoms with van der Waals surface area (Å²) >= 11 is 0. The van der Waals surface area contributed by atoms with Gasteiger partial charge < -0.3 is 9.15 Å². The first-order valence-electron chi connectivity index (χ1n) is 8.94. The van der Waals surface area contributed by atoms with Crippen LogP contribution in [0, 0.1) is 0 Å². The van der Waals surface area contributed by atoms with Gasteiger partial charge in [-0.15, -0.1) is 0 Å². The van der Waals surface area contributed by atoms with Crippen molar-refractivity contribution in [1.29, 1.82) is 0 Å². The molecule has 4 heterocycles. The molecule has 0 aliphatic carbocycles. The van der Waals surface area contributed by atoms with Gasteiger partial charge >= 0.3 is 0 Å². The van der Waals surface area contributed by atoms with Crippen LogP contribution in [0.3, 0.4) is 0 Å². The van der Waals surface area contributed by atoms with Crippen LogP contribution in [0.5, 0.6) is 0 Å². The predicted molar refractivity (Wildman–Crippen MR) is 97.1 cm³/mol. The minimum Gasteiger partial charge on any atom is -0.461 e. The second kappa shape index (κ2) is 8.21. The number of likely N-dealkylation sites (tertiary alicyclic amines) is 1. The smallest absolute Gasteiger partial charge is 0.195 e. The third-order valence-corrected chi connectivity index (χ3v) is 4.52. The molecule has 0 bridgehead atoms.